The average Bonchev–Trinajstić information content (AvgIpc) is 3.63. The van der Waals surface area contributed by atoms with E-state index in [1.807, 2.05) is 38.1 Å². The maximum absolute atomic E-state index is 14.4. The van der Waals surface area contributed by atoms with Gasteiger partial charge in [0.2, 0.25) is 5.91 Å². The molecule has 6 atom stereocenters. The SMILES string of the molecule is CC(=O)O[C@H](C[C@H](C(C)C)N(C)C(=O)[C@@H](CC(=O)[C@H]1COCCN1C)[C@@H](C)C1CC1)c1nc(C(=O)N[C@@H](Cc2nc(C)cs2)CC(C)C)cs1. The maximum atomic E-state index is 14.4. The highest BCUT2D eigenvalue weighted by molar-refractivity contribution is 7.10. The summed E-state index contributed by atoms with van der Waals surface area (Å²) in [4.78, 5) is 66.8. The zero-order chi connectivity index (χ0) is 36.7. The van der Waals surface area contributed by atoms with Gasteiger partial charge in [0, 0.05) is 74.2 Å². The van der Waals surface area contributed by atoms with Crippen LogP contribution in [0.5, 0.6) is 0 Å². The minimum atomic E-state index is -0.750. The van der Waals surface area contributed by atoms with E-state index >= 15 is 0 Å². The Hall–Kier alpha value is -2.74. The third kappa shape index (κ3) is 11.1. The van der Waals surface area contributed by atoms with Gasteiger partial charge in [-0.25, -0.2) is 9.97 Å². The van der Waals surface area contributed by atoms with Gasteiger partial charge >= 0.3 is 5.97 Å². The Morgan fingerprint density at radius 1 is 1.08 bits per heavy atom. The van der Waals surface area contributed by atoms with Gasteiger partial charge in [0.05, 0.1) is 24.3 Å². The van der Waals surface area contributed by atoms with Crippen molar-refractivity contribution in [1.82, 2.24) is 25.1 Å². The van der Waals surface area contributed by atoms with Crippen molar-refractivity contribution in [2.75, 3.05) is 33.9 Å². The fourth-order valence-corrected chi connectivity index (χ4v) is 8.71. The van der Waals surface area contributed by atoms with Crippen LogP contribution in [0.1, 0.15) is 106 Å². The van der Waals surface area contributed by atoms with E-state index in [4.69, 9.17) is 9.47 Å². The normalized spacial score (nSPS) is 19.9. The second-order valence-corrected chi connectivity index (χ2v) is 16.9. The summed E-state index contributed by atoms with van der Waals surface area (Å²) in [5.41, 5.74) is 1.24. The van der Waals surface area contributed by atoms with Crippen molar-refractivity contribution in [1.29, 1.82) is 0 Å². The molecule has 0 radical (unpaired) electrons. The first kappa shape index (κ1) is 40.0. The lowest BCUT2D eigenvalue weighted by Gasteiger charge is -2.38. The molecule has 0 aromatic carbocycles. The number of ketones is 1. The summed E-state index contributed by atoms with van der Waals surface area (Å²) in [6.45, 7) is 15.4. The number of hydrogen-bond acceptors (Lipinski definition) is 11. The average molecular weight is 732 g/mol. The van der Waals surface area contributed by atoms with E-state index in [1.165, 1.54) is 18.3 Å². The molecule has 4 rings (SSSR count). The maximum Gasteiger partial charge on any atom is 0.303 e. The van der Waals surface area contributed by atoms with Crippen LogP contribution in [-0.2, 0) is 30.3 Å². The van der Waals surface area contributed by atoms with Crippen LogP contribution in [0.4, 0.5) is 0 Å². The second-order valence-electron chi connectivity index (χ2n) is 15.1. The number of esters is 1. The summed E-state index contributed by atoms with van der Waals surface area (Å²) in [5.74, 6) is -0.333. The van der Waals surface area contributed by atoms with Gasteiger partial charge in [-0.15, -0.1) is 22.7 Å². The molecule has 0 spiro atoms. The van der Waals surface area contributed by atoms with E-state index < -0.39 is 18.0 Å². The van der Waals surface area contributed by atoms with Crippen molar-refractivity contribution in [2.24, 2.45) is 29.6 Å². The van der Waals surface area contributed by atoms with E-state index in [0.717, 1.165) is 30.0 Å². The molecule has 278 valence electrons. The van der Waals surface area contributed by atoms with Crippen LogP contribution in [0.25, 0.3) is 0 Å². The Kier molecular flexibility index (Phi) is 14.5. The Morgan fingerprint density at radius 3 is 2.38 bits per heavy atom. The molecule has 1 N–H and O–H groups in total. The number of aromatic nitrogens is 2. The zero-order valence-corrected chi connectivity index (χ0v) is 32.9. The number of nitrogens with zero attached hydrogens (tertiary/aromatic N) is 4. The Labute approximate surface area is 305 Å². The topological polar surface area (TPSA) is 131 Å². The van der Waals surface area contributed by atoms with Gasteiger partial charge in [-0.1, -0.05) is 34.6 Å². The highest BCUT2D eigenvalue weighted by Crippen LogP contribution is 2.42. The molecular formula is C37H57N5O6S2. The van der Waals surface area contributed by atoms with Crippen LogP contribution in [0.15, 0.2) is 10.8 Å². The third-order valence-corrected chi connectivity index (χ3v) is 12.0. The van der Waals surface area contributed by atoms with Crippen LogP contribution < -0.4 is 5.32 Å². The molecule has 1 aliphatic heterocycles. The Bertz CT molecular complexity index is 1460. The summed E-state index contributed by atoms with van der Waals surface area (Å²) < 4.78 is 11.4. The number of amides is 2. The quantitative estimate of drug-likeness (QED) is 0.191. The predicted molar refractivity (Wildman–Crippen MR) is 196 cm³/mol. The van der Waals surface area contributed by atoms with Crippen molar-refractivity contribution in [3.8, 4) is 0 Å². The molecule has 3 heterocycles. The van der Waals surface area contributed by atoms with E-state index in [-0.39, 0.29) is 59.7 Å². The number of ether oxygens (including phenoxy) is 2. The summed E-state index contributed by atoms with van der Waals surface area (Å²) in [6, 6.07) is -0.759. The van der Waals surface area contributed by atoms with Gasteiger partial charge in [0.15, 0.2) is 11.9 Å². The van der Waals surface area contributed by atoms with Crippen molar-refractivity contribution in [3.05, 3.63) is 32.2 Å². The number of carbonyl (C=O) groups is 4. The molecule has 0 unspecified atom stereocenters. The van der Waals surface area contributed by atoms with Gasteiger partial charge in [0.25, 0.3) is 5.91 Å². The lowest BCUT2D eigenvalue weighted by atomic mass is 9.82. The number of morpholine rings is 1. The fraction of sp³-hybridized carbons (Fsp3) is 0.730. The number of aryl methyl sites for hydroxylation is 1. The van der Waals surface area contributed by atoms with Gasteiger partial charge < -0.3 is 19.7 Å². The number of thiazole rings is 2. The smallest absolute Gasteiger partial charge is 0.303 e. The van der Waals surface area contributed by atoms with Gasteiger partial charge in [-0.3, -0.25) is 24.1 Å². The van der Waals surface area contributed by atoms with Gasteiger partial charge in [0.1, 0.15) is 10.7 Å². The first-order chi connectivity index (χ1) is 23.6. The summed E-state index contributed by atoms with van der Waals surface area (Å²) in [7, 11) is 3.73. The predicted octanol–water partition coefficient (Wildman–Crippen LogP) is 5.72. The molecule has 2 aromatic heterocycles. The molecule has 11 nitrogen and oxygen atoms in total. The molecule has 50 heavy (non-hydrogen) atoms. The minimum absolute atomic E-state index is 0.0153. The number of carbonyl (C=O) groups excluding carboxylic acids is 4. The van der Waals surface area contributed by atoms with Crippen LogP contribution in [0, 0.1) is 36.5 Å². The molecule has 1 saturated carbocycles. The van der Waals surface area contributed by atoms with Crippen molar-refractivity contribution in [2.45, 2.75) is 111 Å². The summed E-state index contributed by atoms with van der Waals surface area (Å²) in [6.07, 6.45) is 3.31. The van der Waals surface area contributed by atoms with E-state index in [1.54, 1.807) is 28.7 Å². The number of rotatable bonds is 18. The first-order valence-electron chi connectivity index (χ1n) is 18.1. The van der Waals surface area contributed by atoms with Crippen LogP contribution >= 0.6 is 22.7 Å². The highest BCUT2D eigenvalue weighted by Gasteiger charge is 2.42. The Balaban J connectivity index is 1.50. The summed E-state index contributed by atoms with van der Waals surface area (Å²) >= 11 is 2.87. The van der Waals surface area contributed by atoms with E-state index in [0.29, 0.717) is 49.4 Å². The lowest BCUT2D eigenvalue weighted by molar-refractivity contribution is -0.150. The van der Waals surface area contributed by atoms with E-state index in [9.17, 15) is 19.2 Å². The summed E-state index contributed by atoms with van der Waals surface area (Å²) in [5, 5.41) is 8.36. The van der Waals surface area contributed by atoms with Crippen molar-refractivity contribution >= 4 is 46.2 Å². The Morgan fingerprint density at radius 2 is 1.80 bits per heavy atom. The number of nitrogens with one attached hydrogen (secondary N) is 1. The number of hydrogen-bond donors (Lipinski definition) is 1. The minimum Gasteiger partial charge on any atom is -0.455 e. The van der Waals surface area contributed by atoms with Gasteiger partial charge in [-0.05, 0) is 56.9 Å². The molecule has 2 aliphatic rings. The third-order valence-electron chi connectivity index (χ3n) is 10.1. The van der Waals surface area contributed by atoms with Crippen LogP contribution in [0.2, 0.25) is 0 Å². The van der Waals surface area contributed by atoms with Crippen LogP contribution in [-0.4, -0.2) is 95.3 Å². The van der Waals surface area contributed by atoms with Gasteiger partial charge in [-0.2, -0.15) is 0 Å². The van der Waals surface area contributed by atoms with Crippen molar-refractivity contribution < 1.29 is 28.7 Å². The zero-order valence-electron chi connectivity index (χ0n) is 31.3. The molecule has 2 amide bonds. The van der Waals surface area contributed by atoms with Crippen LogP contribution in [0.3, 0.4) is 0 Å². The fourth-order valence-electron chi connectivity index (χ4n) is 7.02. The largest absolute Gasteiger partial charge is 0.455 e. The molecule has 0 bridgehead atoms. The number of likely N-dealkylation sites (N-methyl/N-ethyl adjacent to an activating group) is 1. The van der Waals surface area contributed by atoms with Crippen molar-refractivity contribution in [3.63, 3.8) is 0 Å². The standard InChI is InChI=1S/C37H57N5O6S2/c1-21(2)14-27(15-34-38-23(5)19-49-34)39-35(45)29-20-50-36(40-29)33(48-25(7)43)17-30(22(3)4)42(9)37(46)28(24(6)26-10-11-26)16-32(44)31-18-47-13-12-41(31)8/h19-22,24,26-28,30-31,33H,10-18H2,1-9H3,(H,39,45)/t24-,27+,28-,30+,31+,33+/m0/s1. The lowest BCUT2D eigenvalue weighted by Crippen LogP contribution is -2.50. The highest BCUT2D eigenvalue weighted by atomic mass is 32.1. The molecule has 1 saturated heterocycles. The molecule has 2 aromatic rings. The van der Waals surface area contributed by atoms with E-state index in [2.05, 4.69) is 36.1 Å². The molecule has 2 fully saturated rings. The molecular weight excluding hydrogens is 675 g/mol. The molecule has 13 heteroatoms. The monoisotopic (exact) mass is 731 g/mol. The first-order valence-corrected chi connectivity index (χ1v) is 19.8. The second kappa shape index (κ2) is 18.1. The number of Topliss-reactive ketones (excluding diaryl/α,β-unsaturated/α-hetero) is 1. The molecule has 1 aliphatic carbocycles.